The number of rotatable bonds is 5. The SMILES string of the molecule is CC(NCc1csc(-c2ccc(F)cc2)n1)C1CC2CCC1C2. The van der Waals surface area contributed by atoms with Crippen molar-refractivity contribution in [3.05, 3.63) is 41.2 Å². The Bertz CT molecular complexity index is 666. The quantitative estimate of drug-likeness (QED) is 0.846. The summed E-state index contributed by atoms with van der Waals surface area (Å²) in [5, 5.41) is 6.76. The van der Waals surface area contributed by atoms with Gasteiger partial charge in [0.15, 0.2) is 0 Å². The fourth-order valence-corrected chi connectivity index (χ4v) is 5.26. The third kappa shape index (κ3) is 3.20. The van der Waals surface area contributed by atoms with Gasteiger partial charge in [-0.2, -0.15) is 0 Å². The fraction of sp³-hybridized carbons (Fsp3) is 0.526. The topological polar surface area (TPSA) is 24.9 Å². The standard InChI is InChI=1S/C19H23FN2S/c1-12(18-9-13-2-3-15(18)8-13)21-10-17-11-23-19(22-17)14-4-6-16(20)7-5-14/h4-7,11-13,15,18,21H,2-3,8-10H2,1H3. The third-order valence-corrected chi connectivity index (χ3v) is 6.62. The van der Waals surface area contributed by atoms with Crippen molar-refractivity contribution in [3.63, 3.8) is 0 Å². The number of hydrogen-bond acceptors (Lipinski definition) is 3. The first-order valence-corrected chi connectivity index (χ1v) is 9.51. The molecule has 2 aliphatic carbocycles. The van der Waals surface area contributed by atoms with Gasteiger partial charge >= 0.3 is 0 Å². The number of hydrogen-bond donors (Lipinski definition) is 1. The molecule has 0 saturated heterocycles. The third-order valence-electron chi connectivity index (χ3n) is 5.68. The number of nitrogens with zero attached hydrogens (tertiary/aromatic N) is 1. The van der Waals surface area contributed by atoms with Crippen molar-refractivity contribution in [2.45, 2.75) is 45.2 Å². The first-order chi connectivity index (χ1) is 11.2. The summed E-state index contributed by atoms with van der Waals surface area (Å²) in [4.78, 5) is 4.69. The molecule has 2 aliphatic rings. The zero-order valence-electron chi connectivity index (χ0n) is 13.5. The number of fused-ring (bicyclic) bond motifs is 2. The second kappa shape index (κ2) is 6.33. The molecule has 2 saturated carbocycles. The van der Waals surface area contributed by atoms with Crippen LogP contribution in [0.5, 0.6) is 0 Å². The first-order valence-electron chi connectivity index (χ1n) is 8.63. The van der Waals surface area contributed by atoms with Crippen molar-refractivity contribution in [3.8, 4) is 10.6 Å². The van der Waals surface area contributed by atoms with E-state index in [1.807, 2.05) is 0 Å². The van der Waals surface area contributed by atoms with E-state index in [1.165, 1.54) is 37.8 Å². The fourth-order valence-electron chi connectivity index (χ4n) is 4.44. The molecule has 4 unspecified atom stereocenters. The van der Waals surface area contributed by atoms with Gasteiger partial charge in [0.1, 0.15) is 10.8 Å². The molecule has 122 valence electrons. The number of nitrogens with one attached hydrogen (secondary N) is 1. The molecule has 4 rings (SSSR count). The molecule has 2 aromatic rings. The Hall–Kier alpha value is -1.26. The lowest BCUT2D eigenvalue weighted by atomic mass is 9.84. The molecule has 2 bridgehead atoms. The van der Waals surface area contributed by atoms with Crippen molar-refractivity contribution in [1.29, 1.82) is 0 Å². The Kier molecular flexibility index (Phi) is 4.20. The van der Waals surface area contributed by atoms with Crippen molar-refractivity contribution in [1.82, 2.24) is 10.3 Å². The van der Waals surface area contributed by atoms with Gasteiger partial charge in [-0.05, 0) is 68.2 Å². The lowest BCUT2D eigenvalue weighted by molar-refractivity contribution is 0.259. The Morgan fingerprint density at radius 3 is 2.78 bits per heavy atom. The van der Waals surface area contributed by atoms with E-state index in [2.05, 4.69) is 17.6 Å². The monoisotopic (exact) mass is 330 g/mol. The number of halogens is 1. The maximum Gasteiger partial charge on any atom is 0.123 e. The molecule has 1 aromatic carbocycles. The maximum atomic E-state index is 13.0. The van der Waals surface area contributed by atoms with Crippen LogP contribution in [0.4, 0.5) is 4.39 Å². The molecule has 0 aliphatic heterocycles. The van der Waals surface area contributed by atoms with Gasteiger partial charge in [0, 0.05) is 23.5 Å². The molecule has 4 heteroatoms. The van der Waals surface area contributed by atoms with Gasteiger partial charge in [-0.1, -0.05) is 6.42 Å². The summed E-state index contributed by atoms with van der Waals surface area (Å²) in [6, 6.07) is 7.14. The minimum atomic E-state index is -0.202. The average molecular weight is 330 g/mol. The lowest BCUT2D eigenvalue weighted by Crippen LogP contribution is -2.35. The predicted molar refractivity (Wildman–Crippen MR) is 92.7 cm³/mol. The van der Waals surface area contributed by atoms with E-state index in [-0.39, 0.29) is 5.82 Å². The minimum absolute atomic E-state index is 0.202. The van der Waals surface area contributed by atoms with E-state index < -0.39 is 0 Å². The Balaban J connectivity index is 1.35. The molecular formula is C19H23FN2S. The summed E-state index contributed by atoms with van der Waals surface area (Å²) in [6.45, 7) is 3.16. The van der Waals surface area contributed by atoms with Gasteiger partial charge < -0.3 is 5.32 Å². The lowest BCUT2D eigenvalue weighted by Gasteiger charge is -2.28. The minimum Gasteiger partial charge on any atom is -0.308 e. The first kappa shape index (κ1) is 15.3. The van der Waals surface area contributed by atoms with Gasteiger partial charge in [0.2, 0.25) is 0 Å². The average Bonchev–Trinajstić information content (AvgIpc) is 3.29. The summed E-state index contributed by atoms with van der Waals surface area (Å²) in [6.07, 6.45) is 5.77. The van der Waals surface area contributed by atoms with E-state index in [4.69, 9.17) is 4.98 Å². The summed E-state index contributed by atoms with van der Waals surface area (Å²) < 4.78 is 13.0. The van der Waals surface area contributed by atoms with Crippen LogP contribution in [0.2, 0.25) is 0 Å². The highest BCUT2D eigenvalue weighted by Gasteiger charge is 2.41. The number of benzene rings is 1. The second-order valence-electron chi connectivity index (χ2n) is 7.16. The molecule has 4 atom stereocenters. The predicted octanol–water partition coefficient (Wildman–Crippen LogP) is 4.86. The number of thiazole rings is 1. The van der Waals surface area contributed by atoms with Crippen LogP contribution in [0, 0.1) is 23.6 Å². The van der Waals surface area contributed by atoms with Crippen molar-refractivity contribution < 1.29 is 4.39 Å². The van der Waals surface area contributed by atoms with Crippen LogP contribution >= 0.6 is 11.3 Å². The molecule has 0 radical (unpaired) electrons. The molecule has 1 heterocycles. The smallest absolute Gasteiger partial charge is 0.123 e. The van der Waals surface area contributed by atoms with Crippen LogP contribution in [0.3, 0.4) is 0 Å². The highest BCUT2D eigenvalue weighted by molar-refractivity contribution is 7.13. The van der Waals surface area contributed by atoms with Crippen LogP contribution in [-0.4, -0.2) is 11.0 Å². The zero-order valence-corrected chi connectivity index (χ0v) is 14.3. The van der Waals surface area contributed by atoms with Gasteiger partial charge in [-0.3, -0.25) is 0 Å². The largest absolute Gasteiger partial charge is 0.308 e. The second-order valence-corrected chi connectivity index (χ2v) is 8.02. The van der Waals surface area contributed by atoms with Gasteiger partial charge in [-0.15, -0.1) is 11.3 Å². The Morgan fingerprint density at radius 1 is 1.26 bits per heavy atom. The van der Waals surface area contributed by atoms with E-state index in [0.717, 1.165) is 40.6 Å². The molecule has 0 spiro atoms. The normalized spacial score (nSPS) is 27.5. The van der Waals surface area contributed by atoms with Gasteiger partial charge in [-0.25, -0.2) is 9.37 Å². The summed E-state index contributed by atoms with van der Waals surface area (Å²) >= 11 is 1.63. The maximum absolute atomic E-state index is 13.0. The highest BCUT2D eigenvalue weighted by Crippen LogP contribution is 2.49. The van der Waals surface area contributed by atoms with E-state index in [1.54, 1.807) is 23.5 Å². The summed E-state index contributed by atoms with van der Waals surface area (Å²) in [7, 11) is 0. The van der Waals surface area contributed by atoms with Crippen LogP contribution in [0.15, 0.2) is 29.6 Å². The molecule has 2 nitrogen and oxygen atoms in total. The van der Waals surface area contributed by atoms with E-state index in [9.17, 15) is 4.39 Å². The number of aromatic nitrogens is 1. The summed E-state index contributed by atoms with van der Waals surface area (Å²) in [5.74, 6) is 2.60. The van der Waals surface area contributed by atoms with E-state index >= 15 is 0 Å². The van der Waals surface area contributed by atoms with Crippen molar-refractivity contribution in [2.75, 3.05) is 0 Å². The Morgan fingerprint density at radius 2 is 2.09 bits per heavy atom. The van der Waals surface area contributed by atoms with Gasteiger partial charge in [0.05, 0.1) is 5.69 Å². The van der Waals surface area contributed by atoms with Crippen molar-refractivity contribution >= 4 is 11.3 Å². The Labute approximate surface area is 141 Å². The zero-order chi connectivity index (χ0) is 15.8. The molecule has 1 N–H and O–H groups in total. The highest BCUT2D eigenvalue weighted by atomic mass is 32.1. The molecule has 23 heavy (non-hydrogen) atoms. The molecule has 0 amide bonds. The van der Waals surface area contributed by atoms with Crippen LogP contribution in [0.1, 0.15) is 38.3 Å². The van der Waals surface area contributed by atoms with Crippen LogP contribution in [-0.2, 0) is 6.54 Å². The van der Waals surface area contributed by atoms with Gasteiger partial charge in [0.25, 0.3) is 0 Å². The molecule has 2 fully saturated rings. The summed E-state index contributed by atoms with van der Waals surface area (Å²) in [5.41, 5.74) is 2.08. The van der Waals surface area contributed by atoms with Crippen LogP contribution < -0.4 is 5.32 Å². The van der Waals surface area contributed by atoms with Crippen molar-refractivity contribution in [2.24, 2.45) is 17.8 Å². The van der Waals surface area contributed by atoms with Crippen LogP contribution in [0.25, 0.3) is 10.6 Å². The molecular weight excluding hydrogens is 307 g/mol. The molecule has 1 aromatic heterocycles. The van der Waals surface area contributed by atoms with E-state index in [0.29, 0.717) is 6.04 Å².